The molecule has 0 atom stereocenters. The number of aromatic nitrogens is 2. The van der Waals surface area contributed by atoms with Crippen LogP contribution in [0.1, 0.15) is 0 Å². The van der Waals surface area contributed by atoms with E-state index in [1.807, 2.05) is 0 Å². The predicted octanol–water partition coefficient (Wildman–Crippen LogP) is 4.62. The van der Waals surface area contributed by atoms with Gasteiger partial charge >= 0.3 is 0 Å². The minimum absolute atomic E-state index is 0.0620. The number of rotatable bonds is 3. The lowest BCUT2D eigenvalue weighted by molar-refractivity contribution is -0.384. The molecule has 110 valence electrons. The first-order valence-corrected chi connectivity index (χ1v) is 6.85. The van der Waals surface area contributed by atoms with Crippen LogP contribution in [-0.4, -0.2) is 15.1 Å². The van der Waals surface area contributed by atoms with Gasteiger partial charge in [-0.2, -0.15) is 4.98 Å². The zero-order valence-corrected chi connectivity index (χ0v) is 12.4. The van der Waals surface area contributed by atoms with Crippen LogP contribution in [0.2, 0.25) is 10.0 Å². The Morgan fingerprint density at radius 3 is 2.45 bits per heavy atom. The van der Waals surface area contributed by atoms with Crippen molar-refractivity contribution in [3.63, 3.8) is 0 Å². The fourth-order valence-electron chi connectivity index (χ4n) is 1.91. The quantitative estimate of drug-likeness (QED) is 0.515. The molecule has 0 aliphatic heterocycles. The summed E-state index contributed by atoms with van der Waals surface area (Å²) in [5.41, 5.74) is 0.829. The molecule has 1 aromatic heterocycles. The molecule has 22 heavy (non-hydrogen) atoms. The van der Waals surface area contributed by atoms with Gasteiger partial charge < -0.3 is 4.52 Å². The first-order chi connectivity index (χ1) is 10.6. The lowest BCUT2D eigenvalue weighted by Gasteiger charge is -2.00. The van der Waals surface area contributed by atoms with E-state index < -0.39 is 4.92 Å². The first-order valence-electron chi connectivity index (χ1n) is 6.09. The number of nitro groups is 1. The molecular weight excluding hydrogens is 329 g/mol. The molecule has 0 aliphatic carbocycles. The van der Waals surface area contributed by atoms with Crippen molar-refractivity contribution >= 4 is 28.9 Å². The zero-order valence-electron chi connectivity index (χ0n) is 10.9. The summed E-state index contributed by atoms with van der Waals surface area (Å²) >= 11 is 12.2. The van der Waals surface area contributed by atoms with E-state index in [9.17, 15) is 10.1 Å². The third-order valence-corrected chi connectivity index (χ3v) is 3.55. The molecule has 0 N–H and O–H groups in total. The van der Waals surface area contributed by atoms with Gasteiger partial charge in [0.15, 0.2) is 0 Å². The Bertz CT molecular complexity index is 844. The molecule has 0 amide bonds. The molecule has 0 unspecified atom stereocenters. The van der Waals surface area contributed by atoms with Gasteiger partial charge in [-0.1, -0.05) is 40.5 Å². The lowest BCUT2D eigenvalue weighted by Crippen LogP contribution is -1.88. The maximum absolute atomic E-state index is 10.8. The summed E-state index contributed by atoms with van der Waals surface area (Å²) in [7, 11) is 0. The highest BCUT2D eigenvalue weighted by molar-refractivity contribution is 6.38. The summed E-state index contributed by atoms with van der Waals surface area (Å²) in [4.78, 5) is 14.5. The third kappa shape index (κ3) is 2.66. The topological polar surface area (TPSA) is 82.1 Å². The van der Waals surface area contributed by atoms with Crippen LogP contribution in [0.15, 0.2) is 47.0 Å². The number of nitro benzene ring substituents is 1. The van der Waals surface area contributed by atoms with Crippen molar-refractivity contribution in [3.8, 4) is 22.8 Å². The summed E-state index contributed by atoms with van der Waals surface area (Å²) in [5.74, 6) is 0.367. The maximum Gasteiger partial charge on any atom is 0.270 e. The molecule has 8 heteroatoms. The van der Waals surface area contributed by atoms with Gasteiger partial charge in [0.05, 0.1) is 20.5 Å². The molecule has 6 nitrogen and oxygen atoms in total. The second-order valence-corrected chi connectivity index (χ2v) is 5.14. The fraction of sp³-hybridized carbons (Fsp3) is 0. The molecular formula is C14H7Cl2N3O3. The SMILES string of the molecule is O=[N+]([O-])c1cccc(-c2nc(-c3c(Cl)cccc3Cl)no2)c1. The van der Waals surface area contributed by atoms with E-state index in [0.29, 0.717) is 21.2 Å². The molecule has 0 aliphatic rings. The average Bonchev–Trinajstić information content (AvgIpc) is 2.97. The Morgan fingerprint density at radius 1 is 1.09 bits per heavy atom. The highest BCUT2D eigenvalue weighted by Crippen LogP contribution is 2.34. The Labute approximate surface area is 134 Å². The van der Waals surface area contributed by atoms with Crippen molar-refractivity contribution in [3.05, 3.63) is 62.6 Å². The van der Waals surface area contributed by atoms with Crippen molar-refractivity contribution in [2.45, 2.75) is 0 Å². The molecule has 2 aromatic carbocycles. The Hall–Kier alpha value is -2.44. The van der Waals surface area contributed by atoms with Gasteiger partial charge in [0.2, 0.25) is 5.82 Å². The van der Waals surface area contributed by atoms with Gasteiger partial charge in [-0.25, -0.2) is 0 Å². The zero-order chi connectivity index (χ0) is 15.7. The standard InChI is InChI=1S/C14H7Cl2N3O3/c15-10-5-2-6-11(16)12(10)13-17-14(22-18-13)8-3-1-4-9(7-8)19(20)21/h1-7H. The van der Waals surface area contributed by atoms with Crippen LogP contribution in [0.25, 0.3) is 22.8 Å². The van der Waals surface area contributed by atoms with Crippen molar-refractivity contribution in [2.75, 3.05) is 0 Å². The van der Waals surface area contributed by atoms with Gasteiger partial charge in [0.1, 0.15) is 0 Å². The van der Waals surface area contributed by atoms with E-state index in [2.05, 4.69) is 10.1 Å². The van der Waals surface area contributed by atoms with Crippen molar-refractivity contribution < 1.29 is 9.45 Å². The number of benzene rings is 2. The van der Waals surface area contributed by atoms with E-state index in [-0.39, 0.29) is 17.4 Å². The Kier molecular flexibility index (Phi) is 3.79. The molecule has 1 heterocycles. The van der Waals surface area contributed by atoms with Crippen LogP contribution in [0.4, 0.5) is 5.69 Å². The van der Waals surface area contributed by atoms with Crippen molar-refractivity contribution in [1.29, 1.82) is 0 Å². The minimum atomic E-state index is -0.494. The van der Waals surface area contributed by atoms with E-state index >= 15 is 0 Å². The van der Waals surface area contributed by atoms with Crippen LogP contribution in [0.3, 0.4) is 0 Å². The summed E-state index contributed by atoms with van der Waals surface area (Å²) in [6.07, 6.45) is 0. The number of nitrogens with zero attached hydrogens (tertiary/aromatic N) is 3. The lowest BCUT2D eigenvalue weighted by atomic mass is 10.2. The second-order valence-electron chi connectivity index (χ2n) is 4.33. The van der Waals surface area contributed by atoms with E-state index in [1.165, 1.54) is 12.1 Å². The monoisotopic (exact) mass is 335 g/mol. The summed E-state index contributed by atoms with van der Waals surface area (Å²) in [6, 6.07) is 10.9. The smallest absolute Gasteiger partial charge is 0.270 e. The predicted molar refractivity (Wildman–Crippen MR) is 81.8 cm³/mol. The number of halogens is 2. The van der Waals surface area contributed by atoms with E-state index in [0.717, 1.165) is 0 Å². The fourth-order valence-corrected chi connectivity index (χ4v) is 2.47. The molecule has 3 rings (SSSR count). The van der Waals surface area contributed by atoms with Crippen molar-refractivity contribution in [1.82, 2.24) is 10.1 Å². The minimum Gasteiger partial charge on any atom is -0.334 e. The summed E-state index contributed by atoms with van der Waals surface area (Å²) in [6.45, 7) is 0. The highest BCUT2D eigenvalue weighted by Gasteiger charge is 2.17. The van der Waals surface area contributed by atoms with Crippen LogP contribution in [-0.2, 0) is 0 Å². The molecule has 0 spiro atoms. The van der Waals surface area contributed by atoms with E-state index in [1.54, 1.807) is 30.3 Å². The third-order valence-electron chi connectivity index (χ3n) is 2.92. The Balaban J connectivity index is 2.05. The molecule has 0 saturated heterocycles. The van der Waals surface area contributed by atoms with E-state index in [4.69, 9.17) is 27.7 Å². The van der Waals surface area contributed by atoms with Crippen LogP contribution in [0, 0.1) is 10.1 Å². The molecule has 3 aromatic rings. The van der Waals surface area contributed by atoms with Gasteiger partial charge in [0, 0.05) is 17.7 Å². The summed E-state index contributed by atoms with van der Waals surface area (Å²) < 4.78 is 5.15. The average molecular weight is 336 g/mol. The molecule has 0 bridgehead atoms. The number of hydrogen-bond acceptors (Lipinski definition) is 5. The molecule has 0 fully saturated rings. The first kappa shape index (κ1) is 14.5. The Morgan fingerprint density at radius 2 is 1.77 bits per heavy atom. The second kappa shape index (κ2) is 5.75. The van der Waals surface area contributed by atoms with Gasteiger partial charge in [-0.3, -0.25) is 10.1 Å². The normalized spacial score (nSPS) is 10.6. The van der Waals surface area contributed by atoms with Gasteiger partial charge in [0.25, 0.3) is 11.6 Å². The van der Waals surface area contributed by atoms with Crippen LogP contribution in [0.5, 0.6) is 0 Å². The largest absolute Gasteiger partial charge is 0.334 e. The van der Waals surface area contributed by atoms with Gasteiger partial charge in [-0.05, 0) is 18.2 Å². The summed E-state index contributed by atoms with van der Waals surface area (Å²) in [5, 5.41) is 15.4. The van der Waals surface area contributed by atoms with Crippen molar-refractivity contribution in [2.24, 2.45) is 0 Å². The van der Waals surface area contributed by atoms with Crippen LogP contribution >= 0.6 is 23.2 Å². The van der Waals surface area contributed by atoms with Gasteiger partial charge in [-0.15, -0.1) is 0 Å². The number of non-ortho nitro benzene ring substituents is 1. The number of hydrogen-bond donors (Lipinski definition) is 0. The molecule has 0 saturated carbocycles. The maximum atomic E-state index is 10.8. The molecule has 0 radical (unpaired) electrons. The highest BCUT2D eigenvalue weighted by atomic mass is 35.5. The van der Waals surface area contributed by atoms with Crippen LogP contribution < -0.4 is 0 Å².